The van der Waals surface area contributed by atoms with Gasteiger partial charge in [0, 0.05) is 20.5 Å². The molecule has 0 fully saturated rings. The van der Waals surface area contributed by atoms with Crippen LogP contribution in [0.1, 0.15) is 5.56 Å². The van der Waals surface area contributed by atoms with Crippen LogP contribution in [0, 0.1) is 6.92 Å². The Hall–Kier alpha value is -0.830. The summed E-state index contributed by atoms with van der Waals surface area (Å²) in [5, 5.41) is 1.28. The Morgan fingerprint density at radius 2 is 1.82 bits per heavy atom. The van der Waals surface area contributed by atoms with Gasteiger partial charge in [0.25, 0.3) is 0 Å². The lowest BCUT2D eigenvalue weighted by Gasteiger charge is -2.09. The van der Waals surface area contributed by atoms with Crippen molar-refractivity contribution in [3.8, 4) is 0 Å². The molecule has 2 aromatic rings. The minimum atomic E-state index is 0.636. The van der Waals surface area contributed by atoms with E-state index in [1.54, 1.807) is 17.8 Å². The molecule has 0 aliphatic heterocycles. The van der Waals surface area contributed by atoms with Gasteiger partial charge in [0.1, 0.15) is 0 Å². The van der Waals surface area contributed by atoms with E-state index in [0.29, 0.717) is 10.0 Å². The van der Waals surface area contributed by atoms with Crippen molar-refractivity contribution in [2.75, 3.05) is 5.73 Å². The van der Waals surface area contributed by atoms with Crippen molar-refractivity contribution < 1.29 is 0 Å². The molecule has 0 saturated carbocycles. The second-order valence-corrected chi connectivity index (χ2v) is 5.59. The van der Waals surface area contributed by atoms with Crippen molar-refractivity contribution in [1.29, 1.82) is 0 Å². The number of anilines is 1. The van der Waals surface area contributed by atoms with Gasteiger partial charge in [0.15, 0.2) is 0 Å². The van der Waals surface area contributed by atoms with Gasteiger partial charge in [-0.05, 0) is 36.8 Å². The number of rotatable bonds is 2. The van der Waals surface area contributed by atoms with Gasteiger partial charge < -0.3 is 5.73 Å². The van der Waals surface area contributed by atoms with Gasteiger partial charge >= 0.3 is 0 Å². The minimum Gasteiger partial charge on any atom is -0.398 e. The molecule has 0 aliphatic rings. The van der Waals surface area contributed by atoms with E-state index in [4.69, 9.17) is 28.9 Å². The van der Waals surface area contributed by atoms with Crippen molar-refractivity contribution in [3.63, 3.8) is 0 Å². The molecule has 2 rings (SSSR count). The Kier molecular flexibility index (Phi) is 3.87. The number of aryl methyl sites for hydroxylation is 1. The summed E-state index contributed by atoms with van der Waals surface area (Å²) in [6, 6.07) is 11.4. The fraction of sp³-hybridized carbons (Fsp3) is 0.0769. The van der Waals surface area contributed by atoms with Crippen molar-refractivity contribution in [1.82, 2.24) is 0 Å². The first kappa shape index (κ1) is 12.6. The summed E-state index contributed by atoms with van der Waals surface area (Å²) in [6.45, 7) is 1.99. The second-order valence-electron chi connectivity index (χ2n) is 3.66. The van der Waals surface area contributed by atoms with Gasteiger partial charge in [-0.15, -0.1) is 0 Å². The second kappa shape index (κ2) is 5.21. The molecule has 17 heavy (non-hydrogen) atoms. The lowest BCUT2D eigenvalue weighted by molar-refractivity contribution is 1.35. The fourth-order valence-corrected chi connectivity index (χ4v) is 2.89. The van der Waals surface area contributed by atoms with Crippen LogP contribution in [0.3, 0.4) is 0 Å². The topological polar surface area (TPSA) is 26.0 Å². The SMILES string of the molecule is Cc1cccc(Sc2ccc(Cl)cc2Cl)c1N. The molecule has 0 radical (unpaired) electrons. The summed E-state index contributed by atoms with van der Waals surface area (Å²) in [4.78, 5) is 1.96. The third-order valence-electron chi connectivity index (χ3n) is 2.40. The Labute approximate surface area is 115 Å². The molecule has 1 nitrogen and oxygen atoms in total. The zero-order valence-electron chi connectivity index (χ0n) is 9.21. The maximum atomic E-state index is 6.13. The van der Waals surface area contributed by atoms with Crippen LogP contribution in [-0.4, -0.2) is 0 Å². The van der Waals surface area contributed by atoms with Crippen molar-refractivity contribution in [2.24, 2.45) is 0 Å². The first-order valence-corrected chi connectivity index (χ1v) is 6.63. The Morgan fingerprint density at radius 1 is 1.06 bits per heavy atom. The number of para-hydroxylation sites is 1. The summed E-state index contributed by atoms with van der Waals surface area (Å²) < 4.78 is 0. The number of hydrogen-bond acceptors (Lipinski definition) is 2. The molecule has 0 amide bonds. The highest BCUT2D eigenvalue weighted by Gasteiger charge is 2.07. The first-order valence-electron chi connectivity index (χ1n) is 5.06. The van der Waals surface area contributed by atoms with Crippen LogP contribution in [0.25, 0.3) is 0 Å². The third-order valence-corrected chi connectivity index (χ3v) is 4.21. The maximum absolute atomic E-state index is 6.13. The zero-order valence-corrected chi connectivity index (χ0v) is 11.5. The smallest absolute Gasteiger partial charge is 0.0560 e. The minimum absolute atomic E-state index is 0.636. The van der Waals surface area contributed by atoms with Crippen LogP contribution in [0.2, 0.25) is 10.0 Å². The average Bonchev–Trinajstić information content (AvgIpc) is 2.28. The van der Waals surface area contributed by atoms with Crippen molar-refractivity contribution in [3.05, 3.63) is 52.0 Å². The lowest BCUT2D eigenvalue weighted by Crippen LogP contribution is -1.91. The summed E-state index contributed by atoms with van der Waals surface area (Å²) in [6.07, 6.45) is 0. The van der Waals surface area contributed by atoms with E-state index < -0.39 is 0 Å². The number of halogens is 2. The molecule has 4 heteroatoms. The number of benzene rings is 2. The van der Waals surface area contributed by atoms with Crippen LogP contribution in [0.15, 0.2) is 46.2 Å². The van der Waals surface area contributed by atoms with E-state index in [1.165, 1.54) is 0 Å². The molecule has 2 aromatic carbocycles. The molecule has 0 aromatic heterocycles. The predicted molar refractivity (Wildman–Crippen MR) is 76.2 cm³/mol. The molecule has 0 bridgehead atoms. The summed E-state index contributed by atoms with van der Waals surface area (Å²) >= 11 is 13.5. The van der Waals surface area contributed by atoms with E-state index in [1.807, 2.05) is 37.3 Å². The van der Waals surface area contributed by atoms with E-state index >= 15 is 0 Å². The van der Waals surface area contributed by atoms with E-state index in [0.717, 1.165) is 21.0 Å². The van der Waals surface area contributed by atoms with Crippen LogP contribution >= 0.6 is 35.0 Å². The normalized spacial score (nSPS) is 10.5. The lowest BCUT2D eigenvalue weighted by atomic mass is 10.2. The monoisotopic (exact) mass is 283 g/mol. The molecule has 0 spiro atoms. The zero-order chi connectivity index (χ0) is 12.4. The molecule has 0 atom stereocenters. The summed E-state index contributed by atoms with van der Waals surface area (Å²) in [7, 11) is 0. The number of nitrogen functional groups attached to an aromatic ring is 1. The Morgan fingerprint density at radius 3 is 2.53 bits per heavy atom. The standard InChI is InChI=1S/C13H11Cl2NS/c1-8-3-2-4-12(13(8)16)17-11-6-5-9(14)7-10(11)15/h2-7H,16H2,1H3. The van der Waals surface area contributed by atoms with E-state index in [9.17, 15) is 0 Å². The number of nitrogens with two attached hydrogens (primary N) is 1. The first-order chi connectivity index (χ1) is 8.08. The van der Waals surface area contributed by atoms with Gasteiger partial charge in [0.2, 0.25) is 0 Å². The summed E-state index contributed by atoms with van der Waals surface area (Å²) in [5.74, 6) is 0. The number of hydrogen-bond donors (Lipinski definition) is 1. The van der Waals surface area contributed by atoms with Crippen LogP contribution in [0.4, 0.5) is 5.69 Å². The van der Waals surface area contributed by atoms with Crippen LogP contribution < -0.4 is 5.73 Å². The largest absolute Gasteiger partial charge is 0.398 e. The fourth-order valence-electron chi connectivity index (χ4n) is 1.42. The highest BCUT2D eigenvalue weighted by molar-refractivity contribution is 7.99. The van der Waals surface area contributed by atoms with Gasteiger partial charge in [-0.3, -0.25) is 0 Å². The molecule has 0 heterocycles. The molecular weight excluding hydrogens is 273 g/mol. The van der Waals surface area contributed by atoms with Crippen LogP contribution in [-0.2, 0) is 0 Å². The maximum Gasteiger partial charge on any atom is 0.0560 e. The molecular formula is C13H11Cl2NS. The predicted octanol–water partition coefficient (Wildman–Crippen LogP) is 5.04. The van der Waals surface area contributed by atoms with Crippen LogP contribution in [0.5, 0.6) is 0 Å². The molecule has 2 N–H and O–H groups in total. The highest BCUT2D eigenvalue weighted by Crippen LogP contribution is 2.38. The Balaban J connectivity index is 2.35. The molecule has 0 aliphatic carbocycles. The van der Waals surface area contributed by atoms with Gasteiger partial charge in [0.05, 0.1) is 5.02 Å². The van der Waals surface area contributed by atoms with E-state index in [2.05, 4.69) is 0 Å². The van der Waals surface area contributed by atoms with Crippen molar-refractivity contribution >= 4 is 40.7 Å². The summed E-state index contributed by atoms with van der Waals surface area (Å²) in [5.41, 5.74) is 7.88. The van der Waals surface area contributed by atoms with Gasteiger partial charge in [-0.25, -0.2) is 0 Å². The molecule has 88 valence electrons. The average molecular weight is 284 g/mol. The van der Waals surface area contributed by atoms with Gasteiger partial charge in [-0.1, -0.05) is 47.1 Å². The van der Waals surface area contributed by atoms with E-state index in [-0.39, 0.29) is 0 Å². The third kappa shape index (κ3) is 2.89. The van der Waals surface area contributed by atoms with Gasteiger partial charge in [-0.2, -0.15) is 0 Å². The Bertz CT molecular complexity index is 555. The van der Waals surface area contributed by atoms with Crippen molar-refractivity contribution in [2.45, 2.75) is 16.7 Å². The molecule has 0 unspecified atom stereocenters. The quantitative estimate of drug-likeness (QED) is 0.782. The highest BCUT2D eigenvalue weighted by atomic mass is 35.5. The molecule has 0 saturated heterocycles.